The number of nitrogens with one attached hydrogen (secondary N) is 3. The topological polar surface area (TPSA) is 262 Å². The third kappa shape index (κ3) is 17.3. The van der Waals surface area contributed by atoms with Crippen LogP contribution in [0.1, 0.15) is 96.4 Å². The molecule has 4 atom stereocenters. The normalized spacial score (nSPS) is 15.8. The summed E-state index contributed by atoms with van der Waals surface area (Å²) in [4.78, 5) is 51.2. The summed E-state index contributed by atoms with van der Waals surface area (Å²) in [5, 5.41) is 14.7. The fraction of sp³-hybridized carbons (Fsp3) is 0.409. The minimum absolute atomic E-state index is 0.0816. The average Bonchev–Trinajstić information content (AvgIpc) is 1.97. The van der Waals surface area contributed by atoms with E-state index in [4.69, 9.17) is 33.1 Å². The molecule has 482 valence electrons. The number of fused-ring (bicyclic) bond motifs is 3. The Balaban J connectivity index is 0.000000142. The second kappa shape index (κ2) is 31.2. The van der Waals surface area contributed by atoms with Crippen LogP contribution in [0.3, 0.4) is 0 Å². The van der Waals surface area contributed by atoms with E-state index in [2.05, 4.69) is 139 Å². The molecule has 13 rings (SSSR count). The number of oxazole rings is 1. The van der Waals surface area contributed by atoms with Gasteiger partial charge in [0.15, 0.2) is 35.0 Å². The first kappa shape index (κ1) is 64.4. The number of hydrogen-bond acceptors (Lipinski definition) is 23. The Morgan fingerprint density at radius 2 is 1.35 bits per heavy atom. The number of ether oxygens (including phenoxy) is 5. The molecule has 4 unspecified atom stereocenters. The molecule has 92 heavy (non-hydrogen) atoms. The molecular formula is C66H82N20O6. The summed E-state index contributed by atoms with van der Waals surface area (Å²) in [5.74, 6) is 6.95. The maximum absolute atomic E-state index is 5.77. The highest BCUT2D eigenvalue weighted by Crippen LogP contribution is 2.34. The fourth-order valence-electron chi connectivity index (χ4n) is 11.2. The van der Waals surface area contributed by atoms with Gasteiger partial charge in [0.25, 0.3) is 5.95 Å². The second-order valence-corrected chi connectivity index (χ2v) is 23.0. The molecule has 1 fully saturated rings. The van der Waals surface area contributed by atoms with Crippen molar-refractivity contribution in [3.63, 3.8) is 0 Å². The van der Waals surface area contributed by atoms with Crippen molar-refractivity contribution in [1.29, 1.82) is 0 Å². The summed E-state index contributed by atoms with van der Waals surface area (Å²) in [6.07, 6.45) is 16.4. The molecule has 26 heteroatoms. The van der Waals surface area contributed by atoms with Crippen molar-refractivity contribution in [3.8, 4) is 40.6 Å². The zero-order valence-corrected chi connectivity index (χ0v) is 53.6. The monoisotopic (exact) mass is 1250 g/mol. The lowest BCUT2D eigenvalue weighted by Crippen LogP contribution is -2.35. The maximum Gasteiger partial charge on any atom is 0.252 e. The lowest BCUT2D eigenvalue weighted by atomic mass is 10.1. The SMILES string of the molecule is CCN(CCNC(C)c1cc(-n2ccnc2)nc(C)n1)Cc1ccc2c(c1)OCCO2.CNC1CC(c2cc(C)nc(-n3cncn3)n2)N(CCN(C)Cc2ccc3ncoc3c2)C1.Cc1nc(C(C)NCCOCc2ccc3c(c2)OCO3)cc(-n2ccnc2)n1. The Labute approximate surface area is 535 Å². The van der Waals surface area contributed by atoms with Gasteiger partial charge in [-0.1, -0.05) is 25.1 Å². The van der Waals surface area contributed by atoms with Crippen LogP contribution in [0, 0.1) is 20.8 Å². The van der Waals surface area contributed by atoms with E-state index in [0.717, 1.165) is 151 Å². The molecule has 0 amide bonds. The molecule has 0 aliphatic carbocycles. The maximum atomic E-state index is 5.77. The van der Waals surface area contributed by atoms with Crippen molar-refractivity contribution in [2.45, 2.75) is 91.8 Å². The lowest BCUT2D eigenvalue weighted by molar-refractivity contribution is 0.120. The summed E-state index contributed by atoms with van der Waals surface area (Å²) in [7, 11) is 4.19. The average molecular weight is 1250 g/mol. The molecule has 7 aromatic heterocycles. The molecule has 10 aromatic rings. The van der Waals surface area contributed by atoms with Gasteiger partial charge < -0.3 is 49.0 Å². The number of aromatic nitrogens is 14. The molecule has 0 saturated carbocycles. The molecule has 10 heterocycles. The van der Waals surface area contributed by atoms with Gasteiger partial charge in [-0.05, 0) is 121 Å². The van der Waals surface area contributed by atoms with Crippen LogP contribution in [0.25, 0.3) is 28.7 Å². The summed E-state index contributed by atoms with van der Waals surface area (Å²) >= 11 is 0. The second-order valence-electron chi connectivity index (χ2n) is 23.0. The Morgan fingerprint density at radius 3 is 2.04 bits per heavy atom. The summed E-state index contributed by atoms with van der Waals surface area (Å²) < 4.78 is 38.6. The number of rotatable bonds is 25. The van der Waals surface area contributed by atoms with E-state index in [9.17, 15) is 0 Å². The van der Waals surface area contributed by atoms with Crippen LogP contribution in [0.5, 0.6) is 23.0 Å². The molecule has 26 nitrogen and oxygen atoms in total. The van der Waals surface area contributed by atoms with Gasteiger partial charge in [0, 0.05) is 113 Å². The van der Waals surface area contributed by atoms with E-state index in [1.165, 1.54) is 23.8 Å². The Bertz CT molecular complexity index is 3920. The van der Waals surface area contributed by atoms with Crippen LogP contribution in [-0.4, -0.2) is 176 Å². The van der Waals surface area contributed by atoms with Crippen molar-refractivity contribution < 1.29 is 28.1 Å². The fourth-order valence-corrected chi connectivity index (χ4v) is 11.2. The molecule has 0 spiro atoms. The highest BCUT2D eigenvalue weighted by atomic mass is 16.7. The van der Waals surface area contributed by atoms with Gasteiger partial charge in [0.05, 0.1) is 36.3 Å². The summed E-state index contributed by atoms with van der Waals surface area (Å²) in [5.41, 5.74) is 9.12. The standard InChI is InChI=1S/C23H29N9O.C23H30N6O2.C20H23N5O3/c1-16-8-20(29-23(28-16)32-14-25-13-27-32)21-10-18(24-2)12-31(21)7-6-30(3)11-17-4-5-19-22(9-17)33-15-26-19;1-4-28(15-19-5-6-21-22(13-19)31-12-11-30-21)9-8-25-17(2)20-14-23(27-18(3)26-20)29-10-7-24-16-29;1-14(17-10-20(24-15(2)23-17)25-7-5-21-12-25)22-6-8-26-11-16-3-4-18-19(9-16)28-13-27-18/h4-5,8-9,13-15,18,21,24H,6-7,10-12H2,1-3H3;5-7,10,13-14,16-17,25H,4,8-9,11-12,15H2,1-3H3;3-5,7,9-10,12,14,22H,6,8,11,13H2,1-2H3. The minimum Gasteiger partial charge on any atom is -0.486 e. The van der Waals surface area contributed by atoms with E-state index in [-0.39, 0.29) is 24.9 Å². The van der Waals surface area contributed by atoms with Crippen molar-refractivity contribution in [2.24, 2.45) is 0 Å². The van der Waals surface area contributed by atoms with Gasteiger partial charge in [0.1, 0.15) is 67.3 Å². The van der Waals surface area contributed by atoms with Gasteiger partial charge in [-0.2, -0.15) is 9.78 Å². The molecular weight excluding hydrogens is 1170 g/mol. The van der Waals surface area contributed by atoms with E-state index in [1.54, 1.807) is 36.1 Å². The Hall–Kier alpha value is -9.15. The van der Waals surface area contributed by atoms with Crippen LogP contribution in [0.4, 0.5) is 0 Å². The van der Waals surface area contributed by atoms with Crippen molar-refractivity contribution in [3.05, 3.63) is 180 Å². The first-order chi connectivity index (χ1) is 44.9. The number of nitrogens with zero attached hydrogens (tertiary/aromatic N) is 17. The lowest BCUT2D eigenvalue weighted by Gasteiger charge is -2.27. The van der Waals surface area contributed by atoms with Gasteiger partial charge in [-0.15, -0.1) is 0 Å². The van der Waals surface area contributed by atoms with Crippen LogP contribution >= 0.6 is 0 Å². The molecule has 3 aromatic carbocycles. The summed E-state index contributed by atoms with van der Waals surface area (Å²) in [6.45, 7) is 23.0. The van der Waals surface area contributed by atoms with Crippen LogP contribution in [-0.2, 0) is 24.4 Å². The van der Waals surface area contributed by atoms with Gasteiger partial charge in [-0.25, -0.2) is 49.8 Å². The van der Waals surface area contributed by atoms with Gasteiger partial charge in [0.2, 0.25) is 6.79 Å². The molecule has 3 N–H and O–H groups in total. The van der Waals surface area contributed by atoms with E-state index in [1.807, 2.05) is 91.8 Å². The quantitative estimate of drug-likeness (QED) is 0.0469. The van der Waals surface area contributed by atoms with Gasteiger partial charge >= 0.3 is 0 Å². The highest BCUT2D eigenvalue weighted by molar-refractivity contribution is 5.72. The Kier molecular flexibility index (Phi) is 21.9. The zero-order chi connectivity index (χ0) is 63.8. The number of benzene rings is 3. The largest absolute Gasteiger partial charge is 0.486 e. The number of imidazole rings is 2. The number of likely N-dealkylation sites (N-methyl/N-ethyl adjacent to an activating group) is 3. The summed E-state index contributed by atoms with van der Waals surface area (Å²) in [6, 6.07) is 25.2. The van der Waals surface area contributed by atoms with E-state index in [0.29, 0.717) is 38.4 Å². The van der Waals surface area contributed by atoms with E-state index >= 15 is 0 Å². The predicted octanol–water partition coefficient (Wildman–Crippen LogP) is 7.46. The first-order valence-electron chi connectivity index (χ1n) is 31.2. The first-order valence-corrected chi connectivity index (χ1v) is 31.2. The number of likely N-dealkylation sites (tertiary alicyclic amines) is 1. The third-order valence-electron chi connectivity index (χ3n) is 16.1. The molecule has 0 bridgehead atoms. The zero-order valence-electron chi connectivity index (χ0n) is 53.6. The Morgan fingerprint density at radius 1 is 0.685 bits per heavy atom. The van der Waals surface area contributed by atoms with Gasteiger partial charge in [-0.3, -0.25) is 18.9 Å². The van der Waals surface area contributed by atoms with Crippen molar-refractivity contribution in [2.75, 3.05) is 86.5 Å². The molecule has 0 radical (unpaired) electrons. The minimum atomic E-state index is 0.0816. The number of hydrogen-bond donors (Lipinski definition) is 3. The smallest absolute Gasteiger partial charge is 0.252 e. The van der Waals surface area contributed by atoms with Crippen molar-refractivity contribution in [1.82, 2.24) is 99.4 Å². The van der Waals surface area contributed by atoms with Crippen LogP contribution < -0.4 is 34.9 Å². The van der Waals surface area contributed by atoms with Crippen LogP contribution in [0.15, 0.2) is 134 Å². The highest BCUT2D eigenvalue weighted by Gasteiger charge is 2.34. The molecule has 3 aliphatic heterocycles. The third-order valence-corrected chi connectivity index (χ3v) is 16.1. The van der Waals surface area contributed by atoms with E-state index < -0.39 is 0 Å². The van der Waals surface area contributed by atoms with Crippen molar-refractivity contribution >= 4 is 11.1 Å². The molecule has 3 aliphatic rings. The predicted molar refractivity (Wildman–Crippen MR) is 345 cm³/mol. The van der Waals surface area contributed by atoms with Crippen LogP contribution in [0.2, 0.25) is 0 Å². The molecule has 1 saturated heterocycles. The number of aryl methyl sites for hydroxylation is 3.